The number of furan rings is 1. The monoisotopic (exact) mass is 538 g/mol. The molecule has 1 aliphatic rings. The Morgan fingerprint density at radius 1 is 1.19 bits per heavy atom. The van der Waals surface area contributed by atoms with E-state index >= 15 is 0 Å². The lowest BCUT2D eigenvalue weighted by Crippen LogP contribution is -2.42. The van der Waals surface area contributed by atoms with Crippen LogP contribution in [0.1, 0.15) is 47.9 Å². The van der Waals surface area contributed by atoms with Gasteiger partial charge in [-0.25, -0.2) is 9.07 Å². The van der Waals surface area contributed by atoms with Crippen LogP contribution in [-0.2, 0) is 21.5 Å². The number of nitrogens with one attached hydrogen (secondary N) is 1. The van der Waals surface area contributed by atoms with Crippen molar-refractivity contribution < 1.29 is 18.4 Å². The molecule has 192 valence electrons. The fourth-order valence-electron chi connectivity index (χ4n) is 4.30. The fraction of sp³-hybridized carbons (Fsp3) is 0.296. The van der Waals surface area contributed by atoms with E-state index in [0.717, 1.165) is 16.1 Å². The maximum absolute atomic E-state index is 13.8. The largest absolute Gasteiger partial charge is 0.467 e. The highest BCUT2D eigenvalue weighted by Crippen LogP contribution is 2.49. The van der Waals surface area contributed by atoms with Crippen molar-refractivity contribution in [2.75, 3.05) is 17.2 Å². The molecule has 7 nitrogen and oxygen atoms in total. The molecule has 0 bridgehead atoms. The van der Waals surface area contributed by atoms with E-state index in [1.54, 1.807) is 46.5 Å². The van der Waals surface area contributed by atoms with E-state index in [4.69, 9.17) is 9.52 Å². The molecule has 10 heteroatoms. The lowest BCUT2D eigenvalue weighted by atomic mass is 9.88. The van der Waals surface area contributed by atoms with Gasteiger partial charge in [-0.3, -0.25) is 14.5 Å². The maximum atomic E-state index is 13.8. The van der Waals surface area contributed by atoms with Gasteiger partial charge in [-0.2, -0.15) is 5.10 Å². The van der Waals surface area contributed by atoms with Gasteiger partial charge in [-0.05, 0) is 47.8 Å². The summed E-state index contributed by atoms with van der Waals surface area (Å²) < 4.78 is 20.8. The van der Waals surface area contributed by atoms with Crippen molar-refractivity contribution in [3.63, 3.8) is 0 Å². The molecular weight excluding hydrogens is 511 g/mol. The number of hydrogen-bond donors (Lipinski definition) is 1. The number of nitrogens with zero attached hydrogens (tertiary/aromatic N) is 3. The molecule has 1 aromatic carbocycles. The predicted molar refractivity (Wildman–Crippen MR) is 144 cm³/mol. The molecule has 1 aliphatic heterocycles. The molecule has 0 saturated heterocycles. The molecule has 3 aromatic heterocycles. The molecule has 5 rings (SSSR count). The molecule has 0 aliphatic carbocycles. The molecular formula is C27H27FN4O3S2. The molecule has 1 atom stereocenters. The third-order valence-corrected chi connectivity index (χ3v) is 8.34. The van der Waals surface area contributed by atoms with Crippen molar-refractivity contribution in [2.24, 2.45) is 0 Å². The fourth-order valence-corrected chi connectivity index (χ4v) is 6.47. The second-order valence-electron chi connectivity index (χ2n) is 9.77. The number of fused-ring (bicyclic) bond motifs is 1. The van der Waals surface area contributed by atoms with Crippen LogP contribution in [0.2, 0.25) is 0 Å². The Balaban J connectivity index is 1.65. The SMILES string of the molecule is CC(C)(C)c1nn(-c2ccc(F)cc2)c2c1C(c1cccs1)SCC(=O)N2CC(=O)NCc1ccco1. The number of carbonyl (C=O) groups is 2. The summed E-state index contributed by atoms with van der Waals surface area (Å²) in [6.45, 7) is 6.27. The summed E-state index contributed by atoms with van der Waals surface area (Å²) >= 11 is 3.16. The topological polar surface area (TPSA) is 80.4 Å². The minimum Gasteiger partial charge on any atom is -0.467 e. The smallest absolute Gasteiger partial charge is 0.240 e. The van der Waals surface area contributed by atoms with Crippen molar-refractivity contribution in [2.45, 2.75) is 38.0 Å². The van der Waals surface area contributed by atoms with Gasteiger partial charge in [-0.1, -0.05) is 26.8 Å². The Kier molecular flexibility index (Phi) is 6.96. The second kappa shape index (κ2) is 10.2. The van der Waals surface area contributed by atoms with Crippen molar-refractivity contribution in [1.82, 2.24) is 15.1 Å². The summed E-state index contributed by atoms with van der Waals surface area (Å²) in [5.41, 5.74) is 1.98. The first-order chi connectivity index (χ1) is 17.7. The van der Waals surface area contributed by atoms with Crippen LogP contribution in [0.15, 0.2) is 64.6 Å². The number of halogens is 1. The number of rotatable bonds is 6. The van der Waals surface area contributed by atoms with Crippen LogP contribution < -0.4 is 10.2 Å². The highest BCUT2D eigenvalue weighted by atomic mass is 32.2. The van der Waals surface area contributed by atoms with Crippen LogP contribution in [0, 0.1) is 5.82 Å². The Labute approximate surface area is 222 Å². The Hall–Kier alpha value is -3.37. The van der Waals surface area contributed by atoms with Crippen LogP contribution in [0.25, 0.3) is 5.69 Å². The standard InChI is InChI=1S/C27H27FN4O3S2/c1-27(2,3)25-23-24(20-7-5-13-36-20)37-16-22(34)31(15-21(33)29-14-19-6-4-12-35-19)26(23)32(30-25)18-10-8-17(28)9-11-18/h4-13,24H,14-16H2,1-3H3,(H,29,33). The van der Waals surface area contributed by atoms with Crippen LogP contribution in [-0.4, -0.2) is 33.9 Å². The minimum atomic E-state index is -0.365. The zero-order valence-electron chi connectivity index (χ0n) is 20.7. The van der Waals surface area contributed by atoms with E-state index in [0.29, 0.717) is 17.3 Å². The first-order valence-electron chi connectivity index (χ1n) is 11.9. The van der Waals surface area contributed by atoms with Gasteiger partial charge in [0.1, 0.15) is 23.9 Å². The molecule has 2 amide bonds. The van der Waals surface area contributed by atoms with E-state index < -0.39 is 0 Å². The van der Waals surface area contributed by atoms with E-state index in [-0.39, 0.29) is 47.1 Å². The average Bonchev–Trinajstić information content (AvgIpc) is 3.62. The Morgan fingerprint density at radius 2 is 1.97 bits per heavy atom. The molecule has 0 radical (unpaired) electrons. The van der Waals surface area contributed by atoms with Crippen molar-refractivity contribution in [3.05, 3.63) is 87.9 Å². The van der Waals surface area contributed by atoms with Crippen LogP contribution in [0.4, 0.5) is 10.2 Å². The molecule has 4 aromatic rings. The van der Waals surface area contributed by atoms with Gasteiger partial charge in [0, 0.05) is 15.9 Å². The zero-order valence-corrected chi connectivity index (χ0v) is 22.4. The maximum Gasteiger partial charge on any atom is 0.240 e. The molecule has 0 fully saturated rings. The quantitative estimate of drug-likeness (QED) is 0.353. The van der Waals surface area contributed by atoms with E-state index in [2.05, 4.69) is 32.2 Å². The highest BCUT2D eigenvalue weighted by Gasteiger charge is 2.40. The number of hydrogen-bond acceptors (Lipinski definition) is 6. The van der Waals surface area contributed by atoms with E-state index in [1.807, 2.05) is 11.4 Å². The predicted octanol–water partition coefficient (Wildman–Crippen LogP) is 5.45. The highest BCUT2D eigenvalue weighted by molar-refractivity contribution is 8.00. The van der Waals surface area contributed by atoms with Gasteiger partial charge in [0.2, 0.25) is 11.8 Å². The molecule has 37 heavy (non-hydrogen) atoms. The third kappa shape index (κ3) is 5.21. The number of thiophene rings is 1. The summed E-state index contributed by atoms with van der Waals surface area (Å²) in [4.78, 5) is 29.2. The summed E-state index contributed by atoms with van der Waals surface area (Å²) in [5, 5.41) is 9.70. The van der Waals surface area contributed by atoms with Crippen LogP contribution >= 0.6 is 23.1 Å². The van der Waals surface area contributed by atoms with Gasteiger partial charge in [0.25, 0.3) is 0 Å². The molecule has 0 spiro atoms. The van der Waals surface area contributed by atoms with E-state index in [9.17, 15) is 14.0 Å². The number of benzene rings is 1. The minimum absolute atomic E-state index is 0.140. The second-order valence-corrected chi connectivity index (χ2v) is 11.8. The summed E-state index contributed by atoms with van der Waals surface area (Å²) in [6.07, 6.45) is 1.54. The molecule has 1 N–H and O–H groups in total. The van der Waals surface area contributed by atoms with Crippen LogP contribution in [0.3, 0.4) is 0 Å². The number of carbonyl (C=O) groups excluding carboxylic acids is 2. The lowest BCUT2D eigenvalue weighted by Gasteiger charge is -2.24. The number of anilines is 1. The van der Waals surface area contributed by atoms with Crippen molar-refractivity contribution >= 4 is 40.7 Å². The van der Waals surface area contributed by atoms with Crippen molar-refractivity contribution in [3.8, 4) is 5.69 Å². The first-order valence-corrected chi connectivity index (χ1v) is 13.8. The van der Waals surface area contributed by atoms with Gasteiger partial charge < -0.3 is 9.73 Å². The summed E-state index contributed by atoms with van der Waals surface area (Å²) in [6, 6.07) is 13.6. The summed E-state index contributed by atoms with van der Waals surface area (Å²) in [7, 11) is 0. The summed E-state index contributed by atoms with van der Waals surface area (Å²) in [5.74, 6) is 0.487. The molecule has 1 unspecified atom stereocenters. The van der Waals surface area contributed by atoms with Crippen LogP contribution in [0.5, 0.6) is 0 Å². The Morgan fingerprint density at radius 3 is 2.62 bits per heavy atom. The van der Waals surface area contributed by atoms with Gasteiger partial charge in [0.05, 0.1) is 35.2 Å². The first kappa shape index (κ1) is 25.3. The average molecular weight is 539 g/mol. The lowest BCUT2D eigenvalue weighted by molar-refractivity contribution is -0.123. The number of thioether (sulfide) groups is 1. The van der Waals surface area contributed by atoms with Gasteiger partial charge in [0.15, 0.2) is 0 Å². The molecule has 4 heterocycles. The number of aromatic nitrogens is 2. The normalized spacial score (nSPS) is 15.9. The third-order valence-electron chi connectivity index (χ3n) is 6.01. The van der Waals surface area contributed by atoms with E-state index in [1.165, 1.54) is 28.8 Å². The van der Waals surface area contributed by atoms with Gasteiger partial charge >= 0.3 is 0 Å². The van der Waals surface area contributed by atoms with Gasteiger partial charge in [-0.15, -0.1) is 23.1 Å². The zero-order chi connectivity index (χ0) is 26.2. The number of amides is 2. The molecule has 0 saturated carbocycles. The van der Waals surface area contributed by atoms with Crippen molar-refractivity contribution in [1.29, 1.82) is 0 Å². The Bertz CT molecular complexity index is 1390.